The van der Waals surface area contributed by atoms with E-state index in [1.54, 1.807) is 11.8 Å². The van der Waals surface area contributed by atoms with Crippen molar-refractivity contribution in [3.8, 4) is 11.5 Å². The number of carbonyl (C=O) groups is 1. The highest BCUT2D eigenvalue weighted by Gasteiger charge is 2.32. The molecule has 1 amide bonds. The Hall–Kier alpha value is -2.14. The molecule has 0 unspecified atom stereocenters. The van der Waals surface area contributed by atoms with E-state index in [0.29, 0.717) is 18.1 Å². The largest absolute Gasteiger partial charge is 0.431 e. The van der Waals surface area contributed by atoms with E-state index in [1.165, 1.54) is 0 Å². The van der Waals surface area contributed by atoms with Gasteiger partial charge in [-0.25, -0.2) is 4.98 Å². The van der Waals surface area contributed by atoms with Gasteiger partial charge in [0.1, 0.15) is 0 Å². The van der Waals surface area contributed by atoms with Crippen LogP contribution in [0, 0.1) is 6.92 Å². The lowest BCUT2D eigenvalue weighted by Gasteiger charge is -2.21. The minimum atomic E-state index is -0.182. The molecule has 2 aromatic rings. The molecule has 0 aliphatic carbocycles. The van der Waals surface area contributed by atoms with Gasteiger partial charge >= 0.3 is 0 Å². The molecule has 5 heteroatoms. The number of nitrogens with zero attached hydrogens (tertiary/aromatic N) is 2. The molecule has 1 saturated heterocycles. The third kappa shape index (κ3) is 2.56. The highest BCUT2D eigenvalue weighted by atomic mass is 16.4. The number of amides is 1. The number of likely N-dealkylation sites (tertiary alicyclic amines) is 1. The highest BCUT2D eigenvalue weighted by Crippen LogP contribution is 2.25. The first kappa shape index (κ1) is 13.8. The van der Waals surface area contributed by atoms with Crippen molar-refractivity contribution in [2.24, 2.45) is 0 Å². The van der Waals surface area contributed by atoms with Crippen molar-refractivity contribution in [3.05, 3.63) is 41.8 Å². The molecule has 1 aliphatic heterocycles. The van der Waals surface area contributed by atoms with Crippen LogP contribution in [0.25, 0.3) is 11.5 Å². The maximum Gasteiger partial charge on any atom is 0.291 e. The van der Waals surface area contributed by atoms with Gasteiger partial charge in [-0.05, 0) is 31.9 Å². The molecular formula is C16H18N2O3. The molecule has 1 N–H and O–H groups in total. The van der Waals surface area contributed by atoms with Crippen molar-refractivity contribution in [1.82, 2.24) is 9.88 Å². The predicted molar refractivity (Wildman–Crippen MR) is 77.8 cm³/mol. The number of benzene rings is 1. The van der Waals surface area contributed by atoms with Gasteiger partial charge in [-0.3, -0.25) is 4.79 Å². The third-order valence-electron chi connectivity index (χ3n) is 3.86. The van der Waals surface area contributed by atoms with E-state index in [2.05, 4.69) is 4.98 Å². The molecule has 2 heterocycles. The van der Waals surface area contributed by atoms with Crippen molar-refractivity contribution < 1.29 is 14.3 Å². The highest BCUT2D eigenvalue weighted by molar-refractivity contribution is 5.93. The van der Waals surface area contributed by atoms with E-state index in [-0.39, 0.29) is 24.3 Å². The lowest BCUT2D eigenvalue weighted by Crippen LogP contribution is -2.37. The van der Waals surface area contributed by atoms with Crippen molar-refractivity contribution >= 4 is 5.91 Å². The minimum Gasteiger partial charge on any atom is -0.431 e. The number of aromatic nitrogens is 1. The SMILES string of the molecule is Cc1nc(-c2ccccc2)oc1C(=O)N1CCC[C@@H]1CO. The van der Waals surface area contributed by atoms with Crippen molar-refractivity contribution in [2.75, 3.05) is 13.2 Å². The number of oxazole rings is 1. The molecule has 0 bridgehead atoms. The second kappa shape index (κ2) is 5.69. The van der Waals surface area contributed by atoms with E-state index in [0.717, 1.165) is 18.4 Å². The van der Waals surface area contributed by atoms with E-state index in [9.17, 15) is 9.90 Å². The van der Waals surface area contributed by atoms with Gasteiger partial charge < -0.3 is 14.4 Å². The fourth-order valence-corrected chi connectivity index (χ4v) is 2.72. The zero-order valence-electron chi connectivity index (χ0n) is 12.0. The number of carbonyl (C=O) groups excluding carboxylic acids is 1. The smallest absolute Gasteiger partial charge is 0.291 e. The minimum absolute atomic E-state index is 0.00946. The van der Waals surface area contributed by atoms with Crippen LogP contribution < -0.4 is 0 Å². The maximum atomic E-state index is 12.6. The molecule has 3 rings (SSSR count). The summed E-state index contributed by atoms with van der Waals surface area (Å²) in [5, 5.41) is 9.34. The fraction of sp³-hybridized carbons (Fsp3) is 0.375. The molecule has 1 atom stereocenters. The second-order valence-electron chi connectivity index (χ2n) is 5.28. The molecule has 5 nitrogen and oxygen atoms in total. The zero-order chi connectivity index (χ0) is 14.8. The van der Waals surface area contributed by atoms with Crippen LogP contribution in [0.3, 0.4) is 0 Å². The van der Waals surface area contributed by atoms with E-state index in [1.807, 2.05) is 30.3 Å². The maximum absolute atomic E-state index is 12.6. The summed E-state index contributed by atoms with van der Waals surface area (Å²) in [5.41, 5.74) is 1.43. The molecule has 1 aromatic heterocycles. The first-order valence-electron chi connectivity index (χ1n) is 7.15. The molecule has 0 radical (unpaired) electrons. The Labute approximate surface area is 123 Å². The van der Waals surface area contributed by atoms with Crippen LogP contribution in [-0.4, -0.2) is 40.1 Å². The number of aryl methyl sites for hydroxylation is 1. The number of aliphatic hydroxyl groups is 1. The molecule has 21 heavy (non-hydrogen) atoms. The van der Waals surface area contributed by atoms with Crippen LogP contribution in [0.5, 0.6) is 0 Å². The quantitative estimate of drug-likeness (QED) is 0.939. The number of hydrogen-bond acceptors (Lipinski definition) is 4. The second-order valence-corrected chi connectivity index (χ2v) is 5.28. The fourth-order valence-electron chi connectivity index (χ4n) is 2.72. The monoisotopic (exact) mass is 286 g/mol. The van der Waals surface area contributed by atoms with Gasteiger partial charge in [0, 0.05) is 12.1 Å². The Kier molecular flexibility index (Phi) is 3.75. The average Bonchev–Trinajstić information content (AvgIpc) is 3.13. The first-order chi connectivity index (χ1) is 10.2. The van der Waals surface area contributed by atoms with Crippen LogP contribution in [0.15, 0.2) is 34.7 Å². The van der Waals surface area contributed by atoms with E-state index in [4.69, 9.17) is 4.42 Å². The Balaban J connectivity index is 1.89. The third-order valence-corrected chi connectivity index (χ3v) is 3.86. The van der Waals surface area contributed by atoms with Gasteiger partial charge in [0.2, 0.25) is 11.7 Å². The summed E-state index contributed by atoms with van der Waals surface area (Å²) in [6.45, 7) is 2.42. The van der Waals surface area contributed by atoms with Gasteiger partial charge in [-0.15, -0.1) is 0 Å². The zero-order valence-corrected chi connectivity index (χ0v) is 12.0. The molecule has 0 saturated carbocycles. The van der Waals surface area contributed by atoms with Crippen LogP contribution in [0.2, 0.25) is 0 Å². The molecule has 1 aromatic carbocycles. The Morgan fingerprint density at radius 2 is 2.19 bits per heavy atom. The summed E-state index contributed by atoms with van der Waals surface area (Å²) in [6, 6.07) is 9.40. The molecule has 1 aliphatic rings. The predicted octanol–water partition coefficient (Wildman–Crippen LogP) is 2.25. The first-order valence-corrected chi connectivity index (χ1v) is 7.15. The summed E-state index contributed by atoms with van der Waals surface area (Å²) in [5.74, 6) is 0.545. The molecule has 1 fully saturated rings. The van der Waals surface area contributed by atoms with Crippen LogP contribution >= 0.6 is 0 Å². The topological polar surface area (TPSA) is 66.6 Å². The number of hydrogen-bond donors (Lipinski definition) is 1. The van der Waals surface area contributed by atoms with Gasteiger partial charge in [0.15, 0.2) is 0 Å². The summed E-state index contributed by atoms with van der Waals surface area (Å²) < 4.78 is 5.68. The molecular weight excluding hydrogens is 268 g/mol. The van der Waals surface area contributed by atoms with Gasteiger partial charge in [-0.2, -0.15) is 0 Å². The van der Waals surface area contributed by atoms with E-state index >= 15 is 0 Å². The number of rotatable bonds is 3. The number of aliphatic hydroxyl groups excluding tert-OH is 1. The van der Waals surface area contributed by atoms with Crippen molar-refractivity contribution in [2.45, 2.75) is 25.8 Å². The summed E-state index contributed by atoms with van der Waals surface area (Å²) >= 11 is 0. The summed E-state index contributed by atoms with van der Waals surface area (Å²) in [6.07, 6.45) is 1.75. The van der Waals surface area contributed by atoms with Crippen LogP contribution in [0.4, 0.5) is 0 Å². The molecule has 110 valence electrons. The Morgan fingerprint density at radius 3 is 2.90 bits per heavy atom. The Morgan fingerprint density at radius 1 is 1.43 bits per heavy atom. The summed E-state index contributed by atoms with van der Waals surface area (Å²) in [7, 11) is 0. The molecule has 0 spiro atoms. The Bertz CT molecular complexity index is 636. The standard InChI is InChI=1S/C16H18N2O3/c1-11-14(16(20)18-9-5-8-13(18)10-19)21-15(17-11)12-6-3-2-4-7-12/h2-4,6-7,13,19H,5,8-10H2,1H3/t13-/m1/s1. The normalized spacial score (nSPS) is 18.2. The van der Waals surface area contributed by atoms with Crippen molar-refractivity contribution in [1.29, 1.82) is 0 Å². The lowest BCUT2D eigenvalue weighted by atomic mass is 10.2. The van der Waals surface area contributed by atoms with Crippen LogP contribution in [-0.2, 0) is 0 Å². The van der Waals surface area contributed by atoms with E-state index < -0.39 is 0 Å². The van der Waals surface area contributed by atoms with Crippen LogP contribution in [0.1, 0.15) is 29.1 Å². The summed E-state index contributed by atoms with van der Waals surface area (Å²) in [4.78, 5) is 18.6. The van der Waals surface area contributed by atoms with Gasteiger partial charge in [0.25, 0.3) is 5.91 Å². The van der Waals surface area contributed by atoms with Gasteiger partial charge in [-0.1, -0.05) is 18.2 Å². The average molecular weight is 286 g/mol. The van der Waals surface area contributed by atoms with Crippen molar-refractivity contribution in [3.63, 3.8) is 0 Å². The lowest BCUT2D eigenvalue weighted by molar-refractivity contribution is 0.0646. The van der Waals surface area contributed by atoms with Gasteiger partial charge in [0.05, 0.1) is 18.3 Å².